The first-order chi connectivity index (χ1) is 18.6. The van der Waals surface area contributed by atoms with E-state index in [2.05, 4.69) is 0 Å². The zero-order chi connectivity index (χ0) is 30.0. The third kappa shape index (κ3) is 4.16. The van der Waals surface area contributed by atoms with Crippen molar-refractivity contribution in [2.75, 3.05) is 46.8 Å². The summed E-state index contributed by atoms with van der Waals surface area (Å²) in [7, 11) is 8.39. The third-order valence-corrected chi connectivity index (χ3v) is 8.65. The number of amides is 1. The Morgan fingerprint density at radius 2 is 1.80 bits per heavy atom. The summed E-state index contributed by atoms with van der Waals surface area (Å²) < 4.78 is 13.3. The Morgan fingerprint density at radius 3 is 2.33 bits per heavy atom. The topological polar surface area (TPSA) is 168 Å². The van der Waals surface area contributed by atoms with Gasteiger partial charge in [0.1, 0.15) is 29.5 Å². The molecule has 1 saturated carbocycles. The maximum atomic E-state index is 14.0. The molecule has 11 nitrogen and oxygen atoms in total. The van der Waals surface area contributed by atoms with Gasteiger partial charge >= 0.3 is 0 Å². The van der Waals surface area contributed by atoms with Crippen LogP contribution in [0.3, 0.4) is 0 Å². The van der Waals surface area contributed by atoms with Crippen molar-refractivity contribution in [1.82, 2.24) is 9.80 Å². The number of nitrogens with zero attached hydrogens (tertiary/aromatic N) is 3. The van der Waals surface area contributed by atoms with Gasteiger partial charge in [-0.15, -0.1) is 0 Å². The van der Waals surface area contributed by atoms with Crippen molar-refractivity contribution in [3.8, 4) is 5.75 Å². The molecule has 1 fully saturated rings. The quantitative estimate of drug-likeness (QED) is 0.301. The molecule has 0 radical (unpaired) electrons. The number of rotatable bonds is 7. The number of carbonyl (C=O) groups excluding carboxylic acids is 3. The number of benzene rings is 1. The van der Waals surface area contributed by atoms with E-state index in [9.17, 15) is 39.2 Å². The number of hydrogen-bond acceptors (Lipinski definition) is 10. The van der Waals surface area contributed by atoms with E-state index in [1.165, 1.54) is 4.90 Å². The maximum absolute atomic E-state index is 14.0. The molecular weight excluding hydrogens is 523 g/mol. The summed E-state index contributed by atoms with van der Waals surface area (Å²) >= 11 is 0. The number of anilines is 1. The monoisotopic (exact) mass is 560 g/mol. The molecule has 4 rings (SSSR count). The Hall–Kier alpha value is -3.48. The van der Waals surface area contributed by atoms with Crippen LogP contribution in [0.15, 0.2) is 23.0 Å². The fourth-order valence-electron chi connectivity index (χ4n) is 6.41. The molecule has 0 spiro atoms. The number of likely N-dealkylation sites (N-methyl/N-ethyl adjacent to an activating group) is 1. The molecule has 0 bridgehead atoms. The van der Waals surface area contributed by atoms with Crippen molar-refractivity contribution in [2.45, 2.75) is 44.0 Å². The van der Waals surface area contributed by atoms with E-state index in [0.29, 0.717) is 16.8 Å². The third-order valence-electron chi connectivity index (χ3n) is 8.65. The molecule has 6 N–H and O–H groups in total. The minimum Gasteiger partial charge on any atom is -0.508 e. The Bertz CT molecular complexity index is 1350. The summed E-state index contributed by atoms with van der Waals surface area (Å²) in [5.74, 6) is -6.92. The number of phenolic OH excluding ortho intramolecular Hbond substituents is 1. The molecule has 0 aliphatic heterocycles. The number of phenols is 1. The lowest BCUT2D eigenvalue weighted by Gasteiger charge is -2.50. The molecule has 1 amide bonds. The summed E-state index contributed by atoms with van der Waals surface area (Å²) in [4.78, 5) is 44.3. The van der Waals surface area contributed by atoms with Crippen LogP contribution in [-0.2, 0) is 27.3 Å². The molecule has 0 aromatic heterocycles. The zero-order valence-electron chi connectivity index (χ0n) is 23.5. The van der Waals surface area contributed by atoms with Gasteiger partial charge in [0.25, 0.3) is 5.91 Å². The predicted molar refractivity (Wildman–Crippen MR) is 145 cm³/mol. The zero-order valence-corrected chi connectivity index (χ0v) is 23.5. The van der Waals surface area contributed by atoms with Crippen LogP contribution in [0.5, 0.6) is 5.75 Å². The normalized spacial score (nSPS) is 27.1. The number of Topliss-reactive ketones (excluding diaryl/α,β-unsaturated/α-hetero) is 2. The van der Waals surface area contributed by atoms with Gasteiger partial charge in [-0.3, -0.25) is 24.2 Å². The van der Waals surface area contributed by atoms with E-state index in [1.807, 2.05) is 0 Å². The minimum atomic E-state index is -2.70. The number of aromatic hydroxyl groups is 1. The number of ketones is 2. The van der Waals surface area contributed by atoms with Crippen molar-refractivity contribution in [2.24, 2.45) is 17.6 Å². The Balaban J connectivity index is 1.95. The van der Waals surface area contributed by atoms with Crippen LogP contribution in [0, 0.1) is 11.8 Å². The van der Waals surface area contributed by atoms with Crippen LogP contribution in [0.2, 0.25) is 0 Å². The van der Waals surface area contributed by atoms with Gasteiger partial charge in [-0.1, -0.05) is 0 Å². The predicted octanol–water partition coefficient (Wildman–Crippen LogP) is 0.820. The van der Waals surface area contributed by atoms with Crippen LogP contribution in [0.1, 0.15) is 30.0 Å². The molecule has 5 atom stereocenters. The highest BCUT2D eigenvalue weighted by molar-refractivity contribution is 6.24. The number of fused-ring (bicyclic) bond motifs is 3. The first-order valence-electron chi connectivity index (χ1n) is 13.0. The van der Waals surface area contributed by atoms with Crippen LogP contribution in [-0.4, -0.2) is 107 Å². The van der Waals surface area contributed by atoms with Crippen LogP contribution in [0.25, 0.3) is 5.76 Å². The summed E-state index contributed by atoms with van der Waals surface area (Å²) in [6.45, 7) is 1.24. The van der Waals surface area contributed by atoms with Crippen LogP contribution >= 0.6 is 0 Å². The lowest BCUT2D eigenvalue weighted by atomic mass is 9.57. The Morgan fingerprint density at radius 1 is 1.18 bits per heavy atom. The Labute approximate surface area is 232 Å². The number of hydrogen-bond donors (Lipinski definition) is 5. The smallest absolute Gasteiger partial charge is 0.255 e. The second kappa shape index (κ2) is 10.2. The van der Waals surface area contributed by atoms with Gasteiger partial charge < -0.3 is 31.1 Å². The Kier molecular flexibility index (Phi) is 7.50. The van der Waals surface area contributed by atoms with Crippen molar-refractivity contribution in [1.29, 1.82) is 0 Å². The molecule has 1 aromatic rings. The van der Waals surface area contributed by atoms with Gasteiger partial charge in [0.05, 0.1) is 11.6 Å². The van der Waals surface area contributed by atoms with Crippen LogP contribution < -0.4 is 10.6 Å². The highest BCUT2D eigenvalue weighted by atomic mass is 19.1. The van der Waals surface area contributed by atoms with Gasteiger partial charge in [-0.2, -0.15) is 0 Å². The average Bonchev–Trinajstić information content (AvgIpc) is 2.86. The molecule has 12 heteroatoms. The van der Waals surface area contributed by atoms with Crippen molar-refractivity contribution < 1.29 is 39.2 Å². The first-order valence-corrected chi connectivity index (χ1v) is 13.0. The maximum Gasteiger partial charge on any atom is 0.255 e. The van der Waals surface area contributed by atoms with E-state index < -0.39 is 70.8 Å². The molecule has 0 saturated heterocycles. The standard InChI is InChI=1S/C28H37FN4O7/c1-12(10-29)33(6)11-14-9-17(31(2)3)15-7-13-8-16-21(32(4)5)24(36)20(27(30)39)26(38)28(16,40)25(37)18(13)23(35)19(15)22(14)34/h9,12-13,16,21,34-35,38,40H,7-8,10-11H2,1-6H3,(H2,30,39)/t12?,13-,16-,21-,28-/m0/s1. The van der Waals surface area contributed by atoms with E-state index in [0.717, 1.165) is 0 Å². The van der Waals surface area contributed by atoms with Gasteiger partial charge in [-0.25, -0.2) is 4.39 Å². The van der Waals surface area contributed by atoms with Gasteiger partial charge in [0.2, 0.25) is 5.78 Å². The van der Waals surface area contributed by atoms with E-state index in [-0.39, 0.29) is 36.3 Å². The molecule has 3 aliphatic rings. The second-order valence-corrected chi connectivity index (χ2v) is 11.5. The largest absolute Gasteiger partial charge is 0.508 e. The minimum absolute atomic E-state index is 0.0118. The van der Waals surface area contributed by atoms with E-state index in [4.69, 9.17) is 5.73 Å². The summed E-state index contributed by atoms with van der Waals surface area (Å²) in [6, 6.07) is 0.179. The molecule has 40 heavy (non-hydrogen) atoms. The van der Waals surface area contributed by atoms with Crippen LogP contribution in [0.4, 0.5) is 10.1 Å². The first kappa shape index (κ1) is 29.5. The SMILES string of the molecule is CC(CF)N(C)Cc1cc(N(C)C)c2c(c1O)C(O)=C1C(=O)[C@]3(O)C(O)=C(C(N)=O)C(=O)[C@@H](N(C)C)[C@@H]3C[C@@H]1C2. The van der Waals surface area contributed by atoms with Gasteiger partial charge in [-0.05, 0) is 58.5 Å². The number of aliphatic hydroxyl groups is 3. The lowest BCUT2D eigenvalue weighted by Crippen LogP contribution is -2.65. The van der Waals surface area contributed by atoms with Gasteiger partial charge in [0.15, 0.2) is 11.4 Å². The number of carbonyl (C=O) groups is 3. The number of alkyl halides is 1. The fourth-order valence-corrected chi connectivity index (χ4v) is 6.41. The fraction of sp³-hybridized carbons (Fsp3) is 0.536. The molecular formula is C28H37FN4O7. The highest BCUT2D eigenvalue weighted by Crippen LogP contribution is 2.54. The summed E-state index contributed by atoms with van der Waals surface area (Å²) in [6.07, 6.45) is 0.199. The molecule has 1 aromatic carbocycles. The summed E-state index contributed by atoms with van der Waals surface area (Å²) in [5, 5.41) is 45.6. The van der Waals surface area contributed by atoms with Gasteiger partial charge in [0, 0.05) is 49.4 Å². The van der Waals surface area contributed by atoms with Crippen molar-refractivity contribution in [3.63, 3.8) is 0 Å². The van der Waals surface area contributed by atoms with Crippen molar-refractivity contribution in [3.05, 3.63) is 39.7 Å². The average molecular weight is 561 g/mol. The molecule has 218 valence electrons. The number of halogens is 1. The molecule has 3 aliphatic carbocycles. The number of aliphatic hydroxyl groups excluding tert-OH is 2. The van der Waals surface area contributed by atoms with Crippen molar-refractivity contribution >= 4 is 28.9 Å². The molecule has 1 unspecified atom stereocenters. The molecule has 0 heterocycles. The number of nitrogens with two attached hydrogens (primary N) is 1. The second-order valence-electron chi connectivity index (χ2n) is 11.5. The lowest BCUT2D eigenvalue weighted by molar-refractivity contribution is -0.153. The van der Waals surface area contributed by atoms with E-state index >= 15 is 0 Å². The number of primary amides is 1. The van der Waals surface area contributed by atoms with E-state index in [1.54, 1.807) is 58.0 Å². The summed E-state index contributed by atoms with van der Waals surface area (Å²) in [5.41, 5.74) is 3.25. The highest BCUT2D eigenvalue weighted by Gasteiger charge is 2.64.